The van der Waals surface area contributed by atoms with Gasteiger partial charge in [0, 0.05) is 18.5 Å². The number of aromatic nitrogens is 1. The molecule has 17 heavy (non-hydrogen) atoms. The molecule has 94 valence electrons. The Balaban J connectivity index is 2.24. The normalized spacial score (nSPS) is 17.4. The second-order valence-corrected chi connectivity index (χ2v) is 4.89. The van der Waals surface area contributed by atoms with E-state index in [1.165, 1.54) is 0 Å². The minimum atomic E-state index is -1.61. The molecular formula is C10H9F4NOS. The molecule has 1 aliphatic rings. The average molecular weight is 267 g/mol. The van der Waals surface area contributed by atoms with Crippen LogP contribution in [0.15, 0.2) is 4.90 Å². The van der Waals surface area contributed by atoms with E-state index in [0.717, 1.165) is 11.8 Å². The van der Waals surface area contributed by atoms with Gasteiger partial charge < -0.3 is 4.74 Å². The van der Waals surface area contributed by atoms with Crippen LogP contribution in [0.4, 0.5) is 17.6 Å². The van der Waals surface area contributed by atoms with E-state index in [9.17, 15) is 17.6 Å². The van der Waals surface area contributed by atoms with Crippen molar-refractivity contribution in [3.8, 4) is 0 Å². The van der Waals surface area contributed by atoms with Crippen LogP contribution in [0.1, 0.15) is 12.8 Å². The largest absolute Gasteiger partial charge is 0.381 e. The topological polar surface area (TPSA) is 22.1 Å². The van der Waals surface area contributed by atoms with E-state index >= 15 is 0 Å². The fourth-order valence-electron chi connectivity index (χ4n) is 1.53. The fourth-order valence-corrected chi connectivity index (χ4v) is 2.67. The number of pyridine rings is 1. The third kappa shape index (κ3) is 2.71. The van der Waals surface area contributed by atoms with Gasteiger partial charge in [-0.25, -0.2) is 8.78 Å². The Hall–Kier alpha value is -0.820. The van der Waals surface area contributed by atoms with Crippen molar-refractivity contribution in [2.24, 2.45) is 0 Å². The van der Waals surface area contributed by atoms with Crippen LogP contribution < -0.4 is 0 Å². The summed E-state index contributed by atoms with van der Waals surface area (Å²) in [4.78, 5) is 1.87. The van der Waals surface area contributed by atoms with Crippen LogP contribution >= 0.6 is 11.8 Å². The van der Waals surface area contributed by atoms with Crippen LogP contribution in [-0.2, 0) is 4.74 Å². The van der Waals surface area contributed by atoms with E-state index in [-0.39, 0.29) is 5.25 Å². The van der Waals surface area contributed by atoms with Gasteiger partial charge in [0.15, 0.2) is 11.6 Å². The van der Waals surface area contributed by atoms with Crippen molar-refractivity contribution in [2.45, 2.75) is 23.0 Å². The lowest BCUT2D eigenvalue weighted by molar-refractivity contribution is 0.0999. The number of ether oxygens (including phenoxy) is 1. The Morgan fingerprint density at radius 2 is 1.53 bits per heavy atom. The van der Waals surface area contributed by atoms with Crippen LogP contribution in [0.5, 0.6) is 0 Å². The molecule has 0 aromatic carbocycles. The molecule has 0 amide bonds. The molecule has 0 aliphatic carbocycles. The van der Waals surface area contributed by atoms with E-state index in [1.54, 1.807) is 0 Å². The van der Waals surface area contributed by atoms with Crippen LogP contribution in [0, 0.1) is 23.5 Å². The van der Waals surface area contributed by atoms with E-state index in [0.29, 0.717) is 26.1 Å². The lowest BCUT2D eigenvalue weighted by Crippen LogP contribution is -2.18. The van der Waals surface area contributed by atoms with E-state index in [1.807, 2.05) is 0 Å². The lowest BCUT2D eigenvalue weighted by atomic mass is 10.2. The molecule has 0 spiro atoms. The molecule has 0 N–H and O–H groups in total. The van der Waals surface area contributed by atoms with Crippen LogP contribution in [0.3, 0.4) is 0 Å². The third-order valence-electron chi connectivity index (χ3n) is 2.41. The molecule has 2 heterocycles. The smallest absolute Gasteiger partial charge is 0.252 e. The number of hydrogen-bond donors (Lipinski definition) is 0. The van der Waals surface area contributed by atoms with Gasteiger partial charge in [0.2, 0.25) is 0 Å². The van der Waals surface area contributed by atoms with Crippen molar-refractivity contribution in [3.63, 3.8) is 0 Å². The van der Waals surface area contributed by atoms with Crippen LogP contribution in [-0.4, -0.2) is 23.4 Å². The molecule has 0 saturated carbocycles. The lowest BCUT2D eigenvalue weighted by Gasteiger charge is -2.21. The van der Waals surface area contributed by atoms with Gasteiger partial charge in [-0.2, -0.15) is 13.8 Å². The predicted molar refractivity (Wildman–Crippen MR) is 53.8 cm³/mol. The summed E-state index contributed by atoms with van der Waals surface area (Å²) in [5, 5.41) is -0.103. The number of rotatable bonds is 2. The highest BCUT2D eigenvalue weighted by Crippen LogP contribution is 2.34. The van der Waals surface area contributed by atoms with Gasteiger partial charge in [-0.15, -0.1) is 11.8 Å². The van der Waals surface area contributed by atoms with Crippen molar-refractivity contribution in [3.05, 3.63) is 23.5 Å². The maximum atomic E-state index is 13.3. The Bertz CT molecular complexity index is 397. The molecule has 7 heteroatoms. The standard InChI is InChI=1S/C10H9F4NOS/c11-6-8(7(12)10(14)15-9(6)13)17-5-1-3-16-4-2-5/h5H,1-4H2. The molecule has 0 bridgehead atoms. The summed E-state index contributed by atoms with van der Waals surface area (Å²) in [7, 11) is 0. The Morgan fingerprint density at radius 3 is 2.06 bits per heavy atom. The molecule has 0 atom stereocenters. The van der Waals surface area contributed by atoms with Gasteiger partial charge >= 0.3 is 0 Å². The number of hydrogen-bond acceptors (Lipinski definition) is 3. The van der Waals surface area contributed by atoms with E-state index < -0.39 is 28.4 Å². The molecule has 2 nitrogen and oxygen atoms in total. The summed E-state index contributed by atoms with van der Waals surface area (Å²) in [6.07, 6.45) is 1.18. The molecule has 1 aromatic heterocycles. The summed E-state index contributed by atoms with van der Waals surface area (Å²) in [5.41, 5.74) is 0. The highest BCUT2D eigenvalue weighted by molar-refractivity contribution is 8.00. The fraction of sp³-hybridized carbons (Fsp3) is 0.500. The first-order valence-electron chi connectivity index (χ1n) is 5.04. The molecule has 1 saturated heterocycles. The summed E-state index contributed by atoms with van der Waals surface area (Å²) < 4.78 is 57.4. The van der Waals surface area contributed by atoms with Crippen molar-refractivity contribution in [2.75, 3.05) is 13.2 Å². The van der Waals surface area contributed by atoms with Crippen molar-refractivity contribution < 1.29 is 22.3 Å². The number of nitrogens with zero attached hydrogens (tertiary/aromatic N) is 1. The molecule has 0 radical (unpaired) electrons. The number of halogens is 4. The molecule has 1 aromatic rings. The van der Waals surface area contributed by atoms with Crippen molar-refractivity contribution in [1.29, 1.82) is 0 Å². The van der Waals surface area contributed by atoms with Crippen molar-refractivity contribution >= 4 is 11.8 Å². The van der Waals surface area contributed by atoms with Gasteiger partial charge in [-0.3, -0.25) is 0 Å². The molecule has 2 rings (SSSR count). The van der Waals surface area contributed by atoms with Gasteiger partial charge in [0.05, 0.1) is 4.90 Å². The monoisotopic (exact) mass is 267 g/mol. The minimum absolute atomic E-state index is 0.103. The van der Waals surface area contributed by atoms with Gasteiger partial charge in [-0.05, 0) is 12.8 Å². The summed E-state index contributed by atoms with van der Waals surface area (Å²) in [5.74, 6) is -6.09. The second kappa shape index (κ2) is 5.22. The Morgan fingerprint density at radius 1 is 1.00 bits per heavy atom. The number of thioether (sulfide) groups is 1. The minimum Gasteiger partial charge on any atom is -0.381 e. The summed E-state index contributed by atoms with van der Waals surface area (Å²) >= 11 is 0.796. The SMILES string of the molecule is Fc1nc(F)c(F)c(SC2CCOCC2)c1F. The van der Waals surface area contributed by atoms with E-state index in [4.69, 9.17) is 4.74 Å². The van der Waals surface area contributed by atoms with Gasteiger partial charge in [0.25, 0.3) is 11.9 Å². The first kappa shape index (κ1) is 12.6. The highest BCUT2D eigenvalue weighted by atomic mass is 32.2. The predicted octanol–water partition coefficient (Wildman–Crippen LogP) is 2.91. The Kier molecular flexibility index (Phi) is 3.88. The highest BCUT2D eigenvalue weighted by Gasteiger charge is 2.25. The van der Waals surface area contributed by atoms with Crippen LogP contribution in [0.2, 0.25) is 0 Å². The first-order chi connectivity index (χ1) is 8.09. The van der Waals surface area contributed by atoms with E-state index in [2.05, 4.69) is 4.98 Å². The molecular weight excluding hydrogens is 258 g/mol. The molecule has 1 fully saturated rings. The molecule has 0 unspecified atom stereocenters. The van der Waals surface area contributed by atoms with Gasteiger partial charge in [-0.1, -0.05) is 0 Å². The summed E-state index contributed by atoms with van der Waals surface area (Å²) in [6.45, 7) is 0.966. The Labute approximate surface area is 99.4 Å². The zero-order valence-corrected chi connectivity index (χ0v) is 9.50. The third-order valence-corrected chi connectivity index (χ3v) is 3.81. The quantitative estimate of drug-likeness (QED) is 0.607. The van der Waals surface area contributed by atoms with Crippen molar-refractivity contribution in [1.82, 2.24) is 4.98 Å². The van der Waals surface area contributed by atoms with Gasteiger partial charge in [0.1, 0.15) is 0 Å². The first-order valence-corrected chi connectivity index (χ1v) is 5.92. The maximum Gasteiger partial charge on any atom is 0.252 e. The zero-order chi connectivity index (χ0) is 12.4. The summed E-state index contributed by atoms with van der Waals surface area (Å²) in [6, 6.07) is 0. The van der Waals surface area contributed by atoms with Crippen LogP contribution in [0.25, 0.3) is 0 Å². The second-order valence-electron chi connectivity index (χ2n) is 3.58. The average Bonchev–Trinajstić information content (AvgIpc) is 2.33. The zero-order valence-electron chi connectivity index (χ0n) is 8.68. The maximum absolute atomic E-state index is 13.3. The molecule has 1 aliphatic heterocycles.